The lowest BCUT2D eigenvalue weighted by atomic mass is 9.96. The van der Waals surface area contributed by atoms with Crippen LogP contribution in [-0.4, -0.2) is 33.4 Å². The molecule has 23 heavy (non-hydrogen) atoms. The van der Waals surface area contributed by atoms with Crippen LogP contribution in [0.15, 0.2) is 35.5 Å². The molecule has 0 aliphatic carbocycles. The Hall–Kier alpha value is -1.82. The van der Waals surface area contributed by atoms with E-state index in [2.05, 4.69) is 46.5 Å². The highest BCUT2D eigenvalue weighted by atomic mass is 32.2. The quantitative estimate of drug-likeness (QED) is 0.692. The summed E-state index contributed by atoms with van der Waals surface area (Å²) in [7, 11) is 0. The van der Waals surface area contributed by atoms with Crippen molar-refractivity contribution in [2.45, 2.75) is 44.2 Å². The van der Waals surface area contributed by atoms with Crippen molar-refractivity contribution in [3.63, 3.8) is 0 Å². The number of aromatic amines is 1. The van der Waals surface area contributed by atoms with Crippen LogP contribution in [0.3, 0.4) is 0 Å². The number of hydrogen-bond acceptors (Lipinski definition) is 4. The molecule has 1 aromatic heterocycles. The standard InChI is InChI=1S/C17H24N4OS/c1-3-8-15-19-17(21-20-15)23-12-16(22)18-11-13(4-2)14-9-6-5-7-10-14/h5-7,9-10,13H,3-4,8,11-12H2,1-2H3,(H,18,22)(H,19,20,21). The van der Waals surface area contributed by atoms with E-state index in [4.69, 9.17) is 0 Å². The summed E-state index contributed by atoms with van der Waals surface area (Å²) in [5, 5.41) is 10.7. The van der Waals surface area contributed by atoms with E-state index in [0.29, 0.717) is 23.4 Å². The molecule has 0 saturated carbocycles. The van der Waals surface area contributed by atoms with Gasteiger partial charge in [-0.3, -0.25) is 9.89 Å². The Morgan fingerprint density at radius 1 is 1.30 bits per heavy atom. The molecule has 1 aromatic carbocycles. The van der Waals surface area contributed by atoms with Crippen molar-refractivity contribution in [3.05, 3.63) is 41.7 Å². The van der Waals surface area contributed by atoms with E-state index in [-0.39, 0.29) is 5.91 Å². The van der Waals surface area contributed by atoms with Gasteiger partial charge in [-0.05, 0) is 18.4 Å². The number of rotatable bonds is 9. The van der Waals surface area contributed by atoms with Gasteiger partial charge in [-0.25, -0.2) is 4.98 Å². The summed E-state index contributed by atoms with van der Waals surface area (Å²) in [5.74, 6) is 1.59. The Bertz CT molecular complexity index is 600. The molecule has 0 bridgehead atoms. The van der Waals surface area contributed by atoms with Gasteiger partial charge < -0.3 is 5.32 Å². The number of carbonyl (C=O) groups excluding carboxylic acids is 1. The second kappa shape index (κ2) is 9.35. The maximum atomic E-state index is 12.0. The first-order chi connectivity index (χ1) is 11.2. The SMILES string of the molecule is CCCc1nc(SCC(=O)NCC(CC)c2ccccc2)n[nH]1. The molecule has 2 N–H and O–H groups in total. The second-order valence-electron chi connectivity index (χ2n) is 5.42. The number of hydrogen-bond donors (Lipinski definition) is 2. The van der Waals surface area contributed by atoms with E-state index < -0.39 is 0 Å². The summed E-state index contributed by atoms with van der Waals surface area (Å²) in [6.07, 6.45) is 2.91. The summed E-state index contributed by atoms with van der Waals surface area (Å²) < 4.78 is 0. The zero-order valence-corrected chi connectivity index (χ0v) is 14.5. The number of benzene rings is 1. The Morgan fingerprint density at radius 2 is 2.09 bits per heavy atom. The maximum Gasteiger partial charge on any atom is 0.230 e. The molecule has 1 heterocycles. The molecular formula is C17H24N4OS. The van der Waals surface area contributed by atoms with Gasteiger partial charge >= 0.3 is 0 Å². The molecule has 0 radical (unpaired) electrons. The van der Waals surface area contributed by atoms with Crippen LogP contribution in [0.5, 0.6) is 0 Å². The summed E-state index contributed by atoms with van der Waals surface area (Å²) in [6, 6.07) is 10.3. The number of aryl methyl sites for hydroxylation is 1. The zero-order chi connectivity index (χ0) is 16.5. The lowest BCUT2D eigenvalue weighted by Crippen LogP contribution is -2.29. The summed E-state index contributed by atoms with van der Waals surface area (Å²) in [4.78, 5) is 16.4. The van der Waals surface area contributed by atoms with E-state index in [1.165, 1.54) is 17.3 Å². The average Bonchev–Trinajstić information content (AvgIpc) is 3.02. The molecule has 6 heteroatoms. The highest BCUT2D eigenvalue weighted by Crippen LogP contribution is 2.18. The van der Waals surface area contributed by atoms with E-state index in [1.54, 1.807) is 0 Å². The van der Waals surface area contributed by atoms with Crippen LogP contribution in [0.4, 0.5) is 0 Å². The van der Waals surface area contributed by atoms with Gasteiger partial charge in [-0.15, -0.1) is 5.10 Å². The fourth-order valence-electron chi connectivity index (χ4n) is 2.33. The lowest BCUT2D eigenvalue weighted by Gasteiger charge is -2.16. The predicted octanol–water partition coefficient (Wildman–Crippen LogP) is 3.16. The third-order valence-corrected chi connectivity index (χ3v) is 4.49. The molecule has 2 aromatic rings. The number of amides is 1. The van der Waals surface area contributed by atoms with Crippen molar-refractivity contribution >= 4 is 17.7 Å². The van der Waals surface area contributed by atoms with E-state index in [9.17, 15) is 4.79 Å². The molecule has 0 aliphatic heterocycles. The Labute approximate surface area is 141 Å². The van der Waals surface area contributed by atoms with Crippen molar-refractivity contribution in [1.82, 2.24) is 20.5 Å². The van der Waals surface area contributed by atoms with Crippen LogP contribution in [0.2, 0.25) is 0 Å². The normalized spacial score (nSPS) is 12.1. The van der Waals surface area contributed by atoms with Gasteiger partial charge in [0.15, 0.2) is 0 Å². The second-order valence-corrected chi connectivity index (χ2v) is 6.37. The van der Waals surface area contributed by atoms with Gasteiger partial charge in [0.25, 0.3) is 0 Å². The monoisotopic (exact) mass is 332 g/mol. The van der Waals surface area contributed by atoms with E-state index >= 15 is 0 Å². The highest BCUT2D eigenvalue weighted by Gasteiger charge is 2.12. The van der Waals surface area contributed by atoms with Crippen LogP contribution >= 0.6 is 11.8 Å². The number of nitrogens with zero attached hydrogens (tertiary/aromatic N) is 2. The molecule has 1 atom stereocenters. The van der Waals surface area contributed by atoms with E-state index in [1.807, 2.05) is 18.2 Å². The van der Waals surface area contributed by atoms with Gasteiger partial charge in [0, 0.05) is 18.9 Å². The first-order valence-electron chi connectivity index (χ1n) is 8.08. The smallest absolute Gasteiger partial charge is 0.230 e. The topological polar surface area (TPSA) is 70.7 Å². The molecule has 0 saturated heterocycles. The first kappa shape index (κ1) is 17.5. The minimum Gasteiger partial charge on any atom is -0.355 e. The van der Waals surface area contributed by atoms with Crippen LogP contribution in [0, 0.1) is 0 Å². The number of carbonyl (C=O) groups is 1. The number of nitrogens with one attached hydrogen (secondary N) is 2. The molecule has 1 amide bonds. The average molecular weight is 332 g/mol. The molecular weight excluding hydrogens is 308 g/mol. The molecule has 5 nitrogen and oxygen atoms in total. The third-order valence-electron chi connectivity index (χ3n) is 3.64. The Morgan fingerprint density at radius 3 is 2.78 bits per heavy atom. The van der Waals surface area contributed by atoms with Gasteiger partial charge in [0.2, 0.25) is 11.1 Å². The van der Waals surface area contributed by atoms with Crippen LogP contribution in [0.25, 0.3) is 0 Å². The van der Waals surface area contributed by atoms with Crippen molar-refractivity contribution in [2.75, 3.05) is 12.3 Å². The lowest BCUT2D eigenvalue weighted by molar-refractivity contribution is -0.118. The minimum absolute atomic E-state index is 0.0197. The minimum atomic E-state index is 0.0197. The van der Waals surface area contributed by atoms with Gasteiger partial charge in [0.05, 0.1) is 5.75 Å². The van der Waals surface area contributed by atoms with Crippen LogP contribution < -0.4 is 5.32 Å². The first-order valence-corrected chi connectivity index (χ1v) is 9.07. The largest absolute Gasteiger partial charge is 0.355 e. The molecule has 124 valence electrons. The molecule has 0 spiro atoms. The van der Waals surface area contributed by atoms with Gasteiger partial charge in [-0.2, -0.15) is 0 Å². The summed E-state index contributed by atoms with van der Waals surface area (Å²) in [6.45, 7) is 4.90. The van der Waals surface area contributed by atoms with Gasteiger partial charge in [-0.1, -0.05) is 55.9 Å². The molecule has 0 fully saturated rings. The summed E-state index contributed by atoms with van der Waals surface area (Å²) in [5.41, 5.74) is 1.26. The van der Waals surface area contributed by atoms with Crippen molar-refractivity contribution in [2.24, 2.45) is 0 Å². The number of aromatic nitrogens is 3. The molecule has 1 unspecified atom stereocenters. The fraction of sp³-hybridized carbons (Fsp3) is 0.471. The van der Waals surface area contributed by atoms with Crippen molar-refractivity contribution in [1.29, 1.82) is 0 Å². The summed E-state index contributed by atoms with van der Waals surface area (Å²) >= 11 is 1.36. The zero-order valence-electron chi connectivity index (χ0n) is 13.7. The van der Waals surface area contributed by atoms with E-state index in [0.717, 1.165) is 25.1 Å². The third kappa shape index (κ3) is 5.71. The fourth-order valence-corrected chi connectivity index (χ4v) is 2.98. The number of H-pyrrole nitrogens is 1. The molecule has 0 aliphatic rings. The number of thioether (sulfide) groups is 1. The predicted molar refractivity (Wildman–Crippen MR) is 93.6 cm³/mol. The van der Waals surface area contributed by atoms with Crippen molar-refractivity contribution < 1.29 is 4.79 Å². The maximum absolute atomic E-state index is 12.0. The Kier molecular flexibility index (Phi) is 7.13. The Balaban J connectivity index is 1.75. The van der Waals surface area contributed by atoms with Crippen molar-refractivity contribution in [3.8, 4) is 0 Å². The van der Waals surface area contributed by atoms with Gasteiger partial charge in [0.1, 0.15) is 5.82 Å². The molecule has 2 rings (SSSR count). The van der Waals surface area contributed by atoms with Crippen LogP contribution in [-0.2, 0) is 11.2 Å². The highest BCUT2D eigenvalue weighted by molar-refractivity contribution is 7.99. The van der Waals surface area contributed by atoms with Crippen LogP contribution in [0.1, 0.15) is 44.0 Å².